The molecule has 5 aliphatic carbocycles. The Bertz CT molecular complexity index is 2020. The van der Waals surface area contributed by atoms with Crippen LogP contribution in [-0.2, 0) is 14.3 Å². The normalized spacial score (nSPS) is 41.9. The maximum absolute atomic E-state index is 13.8. The summed E-state index contributed by atoms with van der Waals surface area (Å²) in [5, 5.41) is 18.6. The van der Waals surface area contributed by atoms with Crippen LogP contribution < -0.4 is 11.2 Å². The van der Waals surface area contributed by atoms with Gasteiger partial charge in [0.05, 0.1) is 25.5 Å². The highest BCUT2D eigenvalue weighted by Crippen LogP contribution is 2.77. The number of fused-ring (bicyclic) bond motifs is 7. The SMILES string of the molecule is C=C(C)[C@@H]1CC[C@]2(COC(=O)c3cn([C@H]4C[C@H](n5cc(C)c(=O)[nH]c5=O)O[C@@H]4CO)nn3)CC[C@]3(C)[C@H](CC[C@@H]4[C@@]5(C)CCC(=O)C(C)(C)[C@@H]5CC[C@]43C)[C@@H]12. The van der Waals surface area contributed by atoms with Gasteiger partial charge in [0.1, 0.15) is 18.1 Å². The van der Waals surface area contributed by atoms with Gasteiger partial charge < -0.3 is 14.6 Å². The van der Waals surface area contributed by atoms with Gasteiger partial charge in [0.25, 0.3) is 5.56 Å². The lowest BCUT2D eigenvalue weighted by Gasteiger charge is -2.72. The molecule has 300 valence electrons. The van der Waals surface area contributed by atoms with Crippen molar-refractivity contribution in [2.45, 2.75) is 137 Å². The summed E-state index contributed by atoms with van der Waals surface area (Å²) in [6, 6.07) is -0.498. The number of H-pyrrole nitrogens is 1. The molecule has 0 aromatic carbocycles. The van der Waals surface area contributed by atoms with Crippen molar-refractivity contribution < 1.29 is 24.2 Å². The van der Waals surface area contributed by atoms with E-state index < -0.39 is 35.6 Å². The van der Waals surface area contributed by atoms with E-state index in [-0.39, 0.29) is 45.8 Å². The van der Waals surface area contributed by atoms with Crippen LogP contribution in [-0.4, -0.2) is 60.7 Å². The molecule has 12 nitrogen and oxygen atoms in total. The number of rotatable bonds is 7. The number of allylic oxidation sites excluding steroid dienone is 1. The first kappa shape index (κ1) is 38.5. The molecular formula is C43H61N5O7. The van der Waals surface area contributed by atoms with Gasteiger partial charge >= 0.3 is 11.7 Å². The lowest BCUT2D eigenvalue weighted by atomic mass is 9.32. The maximum atomic E-state index is 13.8. The first-order valence-electron chi connectivity index (χ1n) is 20.8. The van der Waals surface area contributed by atoms with E-state index in [1.54, 1.807) is 13.1 Å². The average Bonchev–Trinajstić information content (AvgIpc) is 3.89. The summed E-state index contributed by atoms with van der Waals surface area (Å²) in [6.07, 6.45) is 12.3. The van der Waals surface area contributed by atoms with Gasteiger partial charge in [-0.25, -0.2) is 14.3 Å². The van der Waals surface area contributed by atoms with E-state index in [2.05, 4.69) is 63.4 Å². The number of hydrogen-bond acceptors (Lipinski definition) is 9. The second kappa shape index (κ2) is 13.1. The van der Waals surface area contributed by atoms with E-state index in [9.17, 15) is 24.3 Å². The molecule has 0 radical (unpaired) electrons. The Morgan fingerprint density at radius 2 is 1.76 bits per heavy atom. The average molecular weight is 760 g/mol. The van der Waals surface area contributed by atoms with E-state index in [0.29, 0.717) is 54.0 Å². The van der Waals surface area contributed by atoms with Crippen molar-refractivity contribution in [3.05, 3.63) is 56.6 Å². The number of nitrogens with zero attached hydrogens (tertiary/aromatic N) is 4. The zero-order valence-corrected chi connectivity index (χ0v) is 33.9. The second-order valence-corrected chi connectivity index (χ2v) is 19.9. The highest BCUT2D eigenvalue weighted by Gasteiger charge is 2.71. The molecular weight excluding hydrogens is 699 g/mol. The van der Waals surface area contributed by atoms with Gasteiger partial charge in [-0.1, -0.05) is 52.0 Å². The Morgan fingerprint density at radius 1 is 1.00 bits per heavy atom. The number of carbonyl (C=O) groups is 2. The van der Waals surface area contributed by atoms with Gasteiger partial charge in [-0.05, 0) is 117 Å². The summed E-state index contributed by atoms with van der Waals surface area (Å²) in [4.78, 5) is 53.8. The lowest BCUT2D eigenvalue weighted by molar-refractivity contribution is -0.236. The van der Waals surface area contributed by atoms with E-state index in [0.717, 1.165) is 51.4 Å². The molecule has 3 heterocycles. The number of hydrogen-bond donors (Lipinski definition) is 2. The summed E-state index contributed by atoms with van der Waals surface area (Å²) in [7, 11) is 0. The summed E-state index contributed by atoms with van der Waals surface area (Å²) in [5.41, 5.74) is 0.683. The van der Waals surface area contributed by atoms with Crippen LogP contribution in [0, 0.1) is 63.6 Å². The lowest BCUT2D eigenvalue weighted by Crippen LogP contribution is -2.66. The van der Waals surface area contributed by atoms with Crippen LogP contribution in [0.3, 0.4) is 0 Å². The molecule has 0 unspecified atom stereocenters. The molecule has 0 spiro atoms. The summed E-state index contributed by atoms with van der Waals surface area (Å²) in [6.45, 7) is 20.5. The standard InChI is InChI=1S/C43H61N5O7/c1-24(2)26-11-16-43(18-17-41(7)27(35(26)43)9-10-32-40(6)14-13-33(50)39(4,5)31(40)12-15-42(32,41)8)23-54-37(52)28-21-48(46-45-28)29-19-34(55-30(29)22-49)47-20-25(3)36(51)44-38(47)53/h20-21,26-27,29-32,34-35,49H,1,9-19,22-23H2,2-8H3,(H,44,51,53)/t26-,27+,29-,30+,31-,32+,34+,35+,40-,41+,42+,43+/m0/s1. The Labute approximate surface area is 323 Å². The first-order valence-corrected chi connectivity index (χ1v) is 20.8. The maximum Gasteiger partial charge on any atom is 0.360 e. The van der Waals surface area contributed by atoms with E-state index in [1.807, 2.05) is 0 Å². The van der Waals surface area contributed by atoms with Crippen LogP contribution in [0.5, 0.6) is 0 Å². The van der Waals surface area contributed by atoms with Gasteiger partial charge in [-0.15, -0.1) is 5.10 Å². The summed E-state index contributed by atoms with van der Waals surface area (Å²) < 4.78 is 15.1. The topological polar surface area (TPSA) is 158 Å². The molecule has 1 aliphatic heterocycles. The number of carbonyl (C=O) groups excluding carboxylic acids is 2. The van der Waals surface area contributed by atoms with Crippen LogP contribution in [0.1, 0.15) is 140 Å². The molecule has 55 heavy (non-hydrogen) atoms. The number of esters is 1. The molecule has 2 aromatic heterocycles. The van der Waals surface area contributed by atoms with E-state index >= 15 is 0 Å². The highest BCUT2D eigenvalue weighted by atomic mass is 16.5. The summed E-state index contributed by atoms with van der Waals surface area (Å²) in [5.74, 6) is 2.18. The highest BCUT2D eigenvalue weighted by molar-refractivity contribution is 5.86. The van der Waals surface area contributed by atoms with Crippen molar-refractivity contribution in [2.75, 3.05) is 13.2 Å². The molecule has 6 aliphatic rings. The number of nitrogens with one attached hydrogen (secondary N) is 1. The van der Waals surface area contributed by atoms with Crippen molar-refractivity contribution >= 4 is 11.8 Å². The Kier molecular flexibility index (Phi) is 9.15. The van der Waals surface area contributed by atoms with Crippen LogP contribution in [0.15, 0.2) is 34.1 Å². The monoisotopic (exact) mass is 759 g/mol. The zero-order valence-electron chi connectivity index (χ0n) is 33.9. The van der Waals surface area contributed by atoms with E-state index in [4.69, 9.17) is 9.47 Å². The van der Waals surface area contributed by atoms with Crippen LogP contribution in [0.25, 0.3) is 0 Å². The van der Waals surface area contributed by atoms with Crippen molar-refractivity contribution in [1.29, 1.82) is 0 Å². The van der Waals surface area contributed by atoms with Crippen molar-refractivity contribution in [1.82, 2.24) is 24.5 Å². The van der Waals surface area contributed by atoms with Gasteiger partial charge in [0, 0.05) is 35.4 Å². The third-order valence-corrected chi connectivity index (χ3v) is 17.4. The number of ketones is 1. The second-order valence-electron chi connectivity index (χ2n) is 19.9. The zero-order chi connectivity index (χ0) is 39.5. The number of aryl methyl sites for hydroxylation is 1. The van der Waals surface area contributed by atoms with Crippen LogP contribution in [0.2, 0.25) is 0 Å². The summed E-state index contributed by atoms with van der Waals surface area (Å²) >= 11 is 0. The molecule has 2 N–H and O–H groups in total. The molecule has 12 atom stereocenters. The fourth-order valence-electron chi connectivity index (χ4n) is 14.3. The Morgan fingerprint density at radius 3 is 2.49 bits per heavy atom. The molecule has 0 amide bonds. The number of ether oxygens (including phenoxy) is 2. The molecule has 8 rings (SSSR count). The number of aliphatic hydroxyl groups excluding tert-OH is 1. The Balaban J connectivity index is 1.01. The van der Waals surface area contributed by atoms with Gasteiger partial charge in [-0.3, -0.25) is 19.1 Å². The third-order valence-electron chi connectivity index (χ3n) is 17.4. The Hall–Kier alpha value is -3.38. The molecule has 2 aromatic rings. The largest absolute Gasteiger partial charge is 0.460 e. The smallest absolute Gasteiger partial charge is 0.360 e. The van der Waals surface area contributed by atoms with Crippen LogP contribution >= 0.6 is 0 Å². The number of aromatic amines is 1. The van der Waals surface area contributed by atoms with Crippen molar-refractivity contribution in [2.24, 2.45) is 56.7 Å². The predicted molar refractivity (Wildman–Crippen MR) is 205 cm³/mol. The van der Waals surface area contributed by atoms with Gasteiger partial charge in [-0.2, -0.15) is 0 Å². The minimum absolute atomic E-state index is 0.0900. The van der Waals surface area contributed by atoms with Gasteiger partial charge in [0.15, 0.2) is 5.69 Å². The minimum Gasteiger partial charge on any atom is -0.460 e. The number of aromatic nitrogens is 5. The molecule has 0 bridgehead atoms. The van der Waals surface area contributed by atoms with Crippen molar-refractivity contribution in [3.63, 3.8) is 0 Å². The minimum atomic E-state index is -0.740. The fourth-order valence-corrected chi connectivity index (χ4v) is 14.3. The molecule has 6 fully saturated rings. The fraction of sp³-hybridized carbons (Fsp3) is 0.767. The number of Topliss-reactive ketones (excluding diaryl/α,β-unsaturated/α-hetero) is 1. The molecule has 12 heteroatoms. The number of aliphatic hydroxyl groups is 1. The van der Waals surface area contributed by atoms with Crippen LogP contribution in [0.4, 0.5) is 0 Å². The molecule has 5 saturated carbocycles. The van der Waals surface area contributed by atoms with Crippen molar-refractivity contribution in [3.8, 4) is 0 Å². The predicted octanol–water partition coefficient (Wildman–Crippen LogP) is 6.34. The molecule has 1 saturated heterocycles. The van der Waals surface area contributed by atoms with E-state index in [1.165, 1.54) is 27.4 Å². The quantitative estimate of drug-likeness (QED) is 0.243. The third kappa shape index (κ3) is 5.57. The first-order chi connectivity index (χ1) is 25.9. The van der Waals surface area contributed by atoms with Gasteiger partial charge in [0.2, 0.25) is 0 Å².